The Hall–Kier alpha value is -3.70. The van der Waals surface area contributed by atoms with Crippen LogP contribution in [0.3, 0.4) is 0 Å². The lowest BCUT2D eigenvalue weighted by Crippen LogP contribution is -2.03. The Labute approximate surface area is 172 Å². The number of esters is 1. The minimum Gasteiger partial charge on any atom is -0.478 e. The predicted molar refractivity (Wildman–Crippen MR) is 113 cm³/mol. The SMILES string of the molecule is O=C(/C=C/c1ccc(Cl)cc1)Oc1ccc(/C=N/c2ccc(C(=O)O)cc2)cc1. The third kappa shape index (κ3) is 6.16. The molecule has 0 aliphatic heterocycles. The van der Waals surface area contributed by atoms with Crippen molar-refractivity contribution >= 4 is 41.5 Å². The monoisotopic (exact) mass is 405 g/mol. The van der Waals surface area contributed by atoms with Crippen molar-refractivity contribution in [3.63, 3.8) is 0 Å². The van der Waals surface area contributed by atoms with Gasteiger partial charge in [-0.25, -0.2) is 9.59 Å². The zero-order valence-corrected chi connectivity index (χ0v) is 15.9. The molecule has 0 fully saturated rings. The molecule has 144 valence electrons. The molecule has 0 saturated heterocycles. The summed E-state index contributed by atoms with van der Waals surface area (Å²) in [6.45, 7) is 0. The van der Waals surface area contributed by atoms with Gasteiger partial charge in [0.1, 0.15) is 5.75 Å². The van der Waals surface area contributed by atoms with Crippen molar-refractivity contribution in [3.8, 4) is 5.75 Å². The van der Waals surface area contributed by atoms with Crippen LogP contribution in [0.1, 0.15) is 21.5 Å². The van der Waals surface area contributed by atoms with Crippen molar-refractivity contribution < 1.29 is 19.4 Å². The van der Waals surface area contributed by atoms with Gasteiger partial charge in [-0.15, -0.1) is 0 Å². The molecule has 3 aromatic rings. The van der Waals surface area contributed by atoms with Gasteiger partial charge in [-0.1, -0.05) is 23.7 Å². The number of aromatic carboxylic acids is 1. The summed E-state index contributed by atoms with van der Waals surface area (Å²) < 4.78 is 5.26. The van der Waals surface area contributed by atoms with Crippen molar-refractivity contribution in [1.29, 1.82) is 0 Å². The molecule has 0 aromatic heterocycles. The molecule has 0 atom stereocenters. The number of hydrogen-bond donors (Lipinski definition) is 1. The van der Waals surface area contributed by atoms with Gasteiger partial charge in [0.2, 0.25) is 0 Å². The highest BCUT2D eigenvalue weighted by molar-refractivity contribution is 6.30. The van der Waals surface area contributed by atoms with Gasteiger partial charge in [0, 0.05) is 17.3 Å². The molecule has 3 rings (SSSR count). The van der Waals surface area contributed by atoms with Crippen LogP contribution in [-0.4, -0.2) is 23.3 Å². The van der Waals surface area contributed by atoms with E-state index in [4.69, 9.17) is 21.4 Å². The Bertz CT molecular complexity index is 1050. The Kier molecular flexibility index (Phi) is 6.55. The van der Waals surface area contributed by atoms with Crippen LogP contribution in [0.5, 0.6) is 5.75 Å². The van der Waals surface area contributed by atoms with Crippen LogP contribution in [0, 0.1) is 0 Å². The predicted octanol–water partition coefficient (Wildman–Crippen LogP) is 5.41. The molecule has 0 saturated carbocycles. The summed E-state index contributed by atoms with van der Waals surface area (Å²) >= 11 is 5.82. The molecule has 0 bridgehead atoms. The number of carbonyl (C=O) groups excluding carboxylic acids is 1. The number of hydrogen-bond acceptors (Lipinski definition) is 4. The van der Waals surface area contributed by atoms with Gasteiger partial charge in [0.05, 0.1) is 11.3 Å². The molecule has 0 spiro atoms. The molecule has 1 N–H and O–H groups in total. The summed E-state index contributed by atoms with van der Waals surface area (Å²) in [5.74, 6) is -1.05. The van der Waals surface area contributed by atoms with Gasteiger partial charge in [0.25, 0.3) is 0 Å². The third-order valence-corrected chi connectivity index (χ3v) is 4.11. The van der Waals surface area contributed by atoms with Crippen molar-refractivity contribution in [2.24, 2.45) is 4.99 Å². The second-order valence-corrected chi connectivity index (χ2v) is 6.42. The quantitative estimate of drug-likeness (QED) is 0.257. The van der Waals surface area contributed by atoms with Crippen LogP contribution in [-0.2, 0) is 4.79 Å². The minimum absolute atomic E-state index is 0.209. The van der Waals surface area contributed by atoms with Gasteiger partial charge in [-0.3, -0.25) is 4.99 Å². The Morgan fingerprint density at radius 1 is 0.862 bits per heavy atom. The van der Waals surface area contributed by atoms with Gasteiger partial charge in [-0.2, -0.15) is 0 Å². The fourth-order valence-corrected chi connectivity index (χ4v) is 2.48. The highest BCUT2D eigenvalue weighted by Crippen LogP contribution is 2.16. The lowest BCUT2D eigenvalue weighted by molar-refractivity contribution is -0.128. The average molecular weight is 406 g/mol. The molecular formula is C23H16ClNO4. The zero-order valence-electron chi connectivity index (χ0n) is 15.2. The summed E-state index contributed by atoms with van der Waals surface area (Å²) in [7, 11) is 0. The number of benzene rings is 3. The fraction of sp³-hybridized carbons (Fsp3) is 0. The first-order valence-electron chi connectivity index (χ1n) is 8.62. The summed E-state index contributed by atoms with van der Waals surface area (Å²) in [6, 6.07) is 20.2. The molecule has 6 heteroatoms. The van der Waals surface area contributed by atoms with E-state index in [0.29, 0.717) is 16.5 Å². The first-order chi connectivity index (χ1) is 14.0. The van der Waals surface area contributed by atoms with Crippen molar-refractivity contribution in [3.05, 3.63) is 101 Å². The topological polar surface area (TPSA) is 76.0 Å². The smallest absolute Gasteiger partial charge is 0.336 e. The molecule has 5 nitrogen and oxygen atoms in total. The summed E-state index contributed by atoms with van der Waals surface area (Å²) in [5, 5.41) is 9.52. The first kappa shape index (κ1) is 20.0. The molecule has 3 aromatic carbocycles. The van der Waals surface area contributed by atoms with E-state index >= 15 is 0 Å². The van der Waals surface area contributed by atoms with Crippen LogP contribution in [0.15, 0.2) is 83.9 Å². The number of nitrogens with zero attached hydrogens (tertiary/aromatic N) is 1. The molecule has 0 radical (unpaired) electrons. The Morgan fingerprint density at radius 2 is 1.48 bits per heavy atom. The van der Waals surface area contributed by atoms with E-state index in [1.54, 1.807) is 73.0 Å². The van der Waals surface area contributed by atoms with Crippen LogP contribution < -0.4 is 4.74 Å². The number of rotatable bonds is 6. The van der Waals surface area contributed by atoms with E-state index in [0.717, 1.165) is 11.1 Å². The molecule has 0 aliphatic rings. The van der Waals surface area contributed by atoms with E-state index in [9.17, 15) is 9.59 Å². The average Bonchev–Trinajstić information content (AvgIpc) is 2.73. The first-order valence-corrected chi connectivity index (χ1v) is 9.00. The van der Waals surface area contributed by atoms with E-state index < -0.39 is 11.9 Å². The maximum atomic E-state index is 11.9. The molecule has 0 heterocycles. The summed E-state index contributed by atoms with van der Waals surface area (Å²) in [4.78, 5) is 27.1. The molecular weight excluding hydrogens is 390 g/mol. The second-order valence-electron chi connectivity index (χ2n) is 5.99. The molecule has 0 amide bonds. The van der Waals surface area contributed by atoms with Crippen LogP contribution in [0.4, 0.5) is 5.69 Å². The largest absolute Gasteiger partial charge is 0.478 e. The van der Waals surface area contributed by atoms with Crippen LogP contribution in [0.25, 0.3) is 6.08 Å². The Morgan fingerprint density at radius 3 is 2.10 bits per heavy atom. The van der Waals surface area contributed by atoms with Crippen molar-refractivity contribution in [1.82, 2.24) is 0 Å². The van der Waals surface area contributed by atoms with E-state index in [-0.39, 0.29) is 5.56 Å². The van der Waals surface area contributed by atoms with Crippen LogP contribution in [0.2, 0.25) is 5.02 Å². The number of carboxylic acid groups (broad SMARTS) is 1. The lowest BCUT2D eigenvalue weighted by Gasteiger charge is -2.02. The third-order valence-electron chi connectivity index (χ3n) is 3.86. The number of halogens is 1. The van der Waals surface area contributed by atoms with Gasteiger partial charge in [-0.05, 0) is 77.9 Å². The maximum Gasteiger partial charge on any atom is 0.336 e. The normalized spacial score (nSPS) is 11.1. The van der Waals surface area contributed by atoms with Gasteiger partial charge >= 0.3 is 11.9 Å². The number of carboxylic acids is 1. The summed E-state index contributed by atoms with van der Waals surface area (Å²) in [5.41, 5.74) is 2.50. The highest BCUT2D eigenvalue weighted by Gasteiger charge is 2.02. The number of aliphatic imine (C=N–C) groups is 1. The lowest BCUT2D eigenvalue weighted by atomic mass is 10.2. The van der Waals surface area contributed by atoms with E-state index in [1.165, 1.54) is 18.2 Å². The fourth-order valence-electron chi connectivity index (χ4n) is 2.35. The highest BCUT2D eigenvalue weighted by atomic mass is 35.5. The maximum absolute atomic E-state index is 11.9. The second kappa shape index (κ2) is 9.48. The standard InChI is InChI=1S/C23H16ClNO4/c24-19-8-1-16(2-9-19)5-14-22(26)29-21-12-3-17(4-13-21)15-25-20-10-6-18(7-11-20)23(27)28/h1-15H,(H,27,28)/b14-5+,25-15+. The van der Waals surface area contributed by atoms with E-state index in [2.05, 4.69) is 4.99 Å². The molecule has 0 aliphatic carbocycles. The summed E-state index contributed by atoms with van der Waals surface area (Å²) in [6.07, 6.45) is 4.64. The van der Waals surface area contributed by atoms with Crippen LogP contribution >= 0.6 is 11.6 Å². The Balaban J connectivity index is 1.57. The minimum atomic E-state index is -0.978. The van der Waals surface area contributed by atoms with E-state index in [1.807, 2.05) is 0 Å². The zero-order chi connectivity index (χ0) is 20.6. The van der Waals surface area contributed by atoms with Gasteiger partial charge < -0.3 is 9.84 Å². The van der Waals surface area contributed by atoms with Gasteiger partial charge in [0.15, 0.2) is 0 Å². The molecule has 29 heavy (non-hydrogen) atoms. The van der Waals surface area contributed by atoms with Crippen molar-refractivity contribution in [2.75, 3.05) is 0 Å². The molecule has 0 unspecified atom stereocenters. The number of ether oxygens (including phenoxy) is 1. The van der Waals surface area contributed by atoms with Crippen molar-refractivity contribution in [2.45, 2.75) is 0 Å². The number of carbonyl (C=O) groups is 2.